The minimum Gasteiger partial charge on any atom is -0.487 e. The number of carbonyl (C=O) groups excluding carboxylic acids is 1. The maximum absolute atomic E-state index is 11.5. The van der Waals surface area contributed by atoms with E-state index in [9.17, 15) is 4.79 Å². The maximum Gasteiger partial charge on any atom is 0.163 e. The van der Waals surface area contributed by atoms with Gasteiger partial charge >= 0.3 is 0 Å². The van der Waals surface area contributed by atoms with Crippen LogP contribution in [-0.2, 0) is 6.61 Å². The minimum atomic E-state index is 0.00900. The van der Waals surface area contributed by atoms with Gasteiger partial charge in [0.25, 0.3) is 0 Å². The van der Waals surface area contributed by atoms with Crippen molar-refractivity contribution in [2.75, 3.05) is 0 Å². The number of benzene rings is 1. The van der Waals surface area contributed by atoms with E-state index in [1.54, 1.807) is 13.1 Å². The van der Waals surface area contributed by atoms with Gasteiger partial charge in [-0.1, -0.05) is 17.7 Å². The average Bonchev–Trinajstić information content (AvgIpc) is 2.38. The van der Waals surface area contributed by atoms with Crippen molar-refractivity contribution in [2.24, 2.45) is 0 Å². The highest BCUT2D eigenvalue weighted by atomic mass is 16.5. The number of hydrogen-bond acceptors (Lipinski definition) is 3. The molecule has 2 aromatic rings. The molecule has 0 N–H and O–H groups in total. The van der Waals surface area contributed by atoms with Crippen LogP contribution in [0.15, 0.2) is 42.6 Å². The molecule has 3 nitrogen and oxygen atoms in total. The molecule has 0 spiro atoms. The fourth-order valence-corrected chi connectivity index (χ4v) is 1.68. The van der Waals surface area contributed by atoms with Gasteiger partial charge in [-0.05, 0) is 38.1 Å². The Morgan fingerprint density at radius 3 is 2.78 bits per heavy atom. The Kier molecular flexibility index (Phi) is 3.72. The third kappa shape index (κ3) is 2.94. The first-order chi connectivity index (χ1) is 8.66. The number of rotatable bonds is 4. The largest absolute Gasteiger partial charge is 0.487 e. The molecule has 3 heteroatoms. The fourth-order valence-electron chi connectivity index (χ4n) is 1.68. The van der Waals surface area contributed by atoms with Crippen molar-refractivity contribution >= 4 is 5.78 Å². The van der Waals surface area contributed by atoms with E-state index < -0.39 is 0 Å². The van der Waals surface area contributed by atoms with Crippen LogP contribution in [0.2, 0.25) is 0 Å². The first-order valence-corrected chi connectivity index (χ1v) is 5.81. The van der Waals surface area contributed by atoms with E-state index in [2.05, 4.69) is 4.98 Å². The van der Waals surface area contributed by atoms with Gasteiger partial charge in [0.1, 0.15) is 12.4 Å². The molecule has 0 aliphatic carbocycles. The normalized spacial score (nSPS) is 10.1. The second-order valence-corrected chi connectivity index (χ2v) is 4.17. The number of pyridine rings is 1. The van der Waals surface area contributed by atoms with E-state index in [0.29, 0.717) is 17.9 Å². The summed E-state index contributed by atoms with van der Waals surface area (Å²) in [4.78, 5) is 15.7. The van der Waals surface area contributed by atoms with Crippen molar-refractivity contribution in [3.8, 4) is 5.75 Å². The Morgan fingerprint density at radius 1 is 1.28 bits per heavy atom. The zero-order valence-corrected chi connectivity index (χ0v) is 10.5. The second-order valence-electron chi connectivity index (χ2n) is 4.17. The van der Waals surface area contributed by atoms with Crippen LogP contribution in [-0.4, -0.2) is 10.8 Å². The molecule has 0 aliphatic heterocycles. The summed E-state index contributed by atoms with van der Waals surface area (Å²) < 4.78 is 5.66. The number of ketones is 1. The molecule has 0 saturated heterocycles. The van der Waals surface area contributed by atoms with Crippen molar-refractivity contribution in [1.82, 2.24) is 4.98 Å². The van der Waals surface area contributed by atoms with Gasteiger partial charge in [0, 0.05) is 6.20 Å². The maximum atomic E-state index is 11.5. The van der Waals surface area contributed by atoms with Crippen molar-refractivity contribution in [3.63, 3.8) is 0 Å². The molecule has 2 rings (SSSR count). The molecule has 0 saturated carbocycles. The molecular weight excluding hydrogens is 226 g/mol. The van der Waals surface area contributed by atoms with E-state index in [-0.39, 0.29) is 5.78 Å². The van der Waals surface area contributed by atoms with Gasteiger partial charge in [-0.3, -0.25) is 9.78 Å². The third-order valence-electron chi connectivity index (χ3n) is 2.62. The van der Waals surface area contributed by atoms with Crippen molar-refractivity contribution < 1.29 is 9.53 Å². The predicted molar refractivity (Wildman–Crippen MR) is 69.8 cm³/mol. The number of carbonyl (C=O) groups is 1. The van der Waals surface area contributed by atoms with E-state index in [0.717, 1.165) is 11.3 Å². The second kappa shape index (κ2) is 5.45. The number of Topliss-reactive ketones (excluding diaryl/α,β-unsaturated/α-hetero) is 1. The number of nitrogens with zero attached hydrogens (tertiary/aromatic N) is 1. The van der Waals surface area contributed by atoms with E-state index in [4.69, 9.17) is 4.74 Å². The van der Waals surface area contributed by atoms with Crippen molar-refractivity contribution in [1.29, 1.82) is 0 Å². The third-order valence-corrected chi connectivity index (χ3v) is 2.62. The molecule has 0 radical (unpaired) electrons. The molecule has 92 valence electrons. The summed E-state index contributed by atoms with van der Waals surface area (Å²) >= 11 is 0. The van der Waals surface area contributed by atoms with Crippen LogP contribution in [0, 0.1) is 6.92 Å². The average molecular weight is 241 g/mol. The monoisotopic (exact) mass is 241 g/mol. The van der Waals surface area contributed by atoms with Crippen LogP contribution < -0.4 is 4.74 Å². The van der Waals surface area contributed by atoms with Gasteiger partial charge in [0.2, 0.25) is 0 Å². The summed E-state index contributed by atoms with van der Waals surface area (Å²) in [6, 6.07) is 11.3. The highest BCUT2D eigenvalue weighted by Gasteiger charge is 2.08. The molecule has 0 bridgehead atoms. The Balaban J connectivity index is 2.17. The summed E-state index contributed by atoms with van der Waals surface area (Å²) in [5, 5.41) is 0. The standard InChI is InChI=1S/C15H15NO2/c1-11-6-7-15(14(9-11)12(2)17)18-10-13-5-3-4-8-16-13/h3-9H,10H2,1-2H3. The van der Waals surface area contributed by atoms with E-state index >= 15 is 0 Å². The van der Waals surface area contributed by atoms with Crippen LogP contribution in [0.25, 0.3) is 0 Å². The Hall–Kier alpha value is -2.16. The topological polar surface area (TPSA) is 39.2 Å². The molecule has 0 fully saturated rings. The molecule has 0 amide bonds. The van der Waals surface area contributed by atoms with Crippen molar-refractivity contribution in [2.45, 2.75) is 20.5 Å². The Bertz CT molecular complexity index is 550. The van der Waals surface area contributed by atoms with Crippen LogP contribution in [0.3, 0.4) is 0 Å². The zero-order chi connectivity index (χ0) is 13.0. The molecular formula is C15H15NO2. The first kappa shape index (κ1) is 12.3. The summed E-state index contributed by atoms with van der Waals surface area (Å²) in [5.74, 6) is 0.619. The van der Waals surface area contributed by atoms with Gasteiger partial charge in [0.15, 0.2) is 5.78 Å². The lowest BCUT2D eigenvalue weighted by molar-refractivity contribution is 0.101. The molecule has 1 aromatic heterocycles. The molecule has 1 heterocycles. The highest BCUT2D eigenvalue weighted by Crippen LogP contribution is 2.21. The Labute approximate surface area is 106 Å². The molecule has 18 heavy (non-hydrogen) atoms. The summed E-state index contributed by atoms with van der Waals surface area (Å²) in [5.41, 5.74) is 2.50. The quantitative estimate of drug-likeness (QED) is 0.772. The lowest BCUT2D eigenvalue weighted by Crippen LogP contribution is -2.03. The number of ether oxygens (including phenoxy) is 1. The lowest BCUT2D eigenvalue weighted by Gasteiger charge is -2.10. The fraction of sp³-hybridized carbons (Fsp3) is 0.200. The lowest BCUT2D eigenvalue weighted by atomic mass is 10.1. The van der Waals surface area contributed by atoms with E-state index in [1.165, 1.54) is 0 Å². The number of aryl methyl sites for hydroxylation is 1. The highest BCUT2D eigenvalue weighted by molar-refractivity contribution is 5.97. The van der Waals surface area contributed by atoms with Crippen LogP contribution >= 0.6 is 0 Å². The van der Waals surface area contributed by atoms with Crippen molar-refractivity contribution in [3.05, 3.63) is 59.4 Å². The molecule has 1 aromatic carbocycles. The smallest absolute Gasteiger partial charge is 0.163 e. The molecule has 0 aliphatic rings. The van der Waals surface area contributed by atoms with Gasteiger partial charge in [-0.2, -0.15) is 0 Å². The minimum absolute atomic E-state index is 0.00900. The summed E-state index contributed by atoms with van der Waals surface area (Å²) in [7, 11) is 0. The zero-order valence-electron chi connectivity index (χ0n) is 10.5. The first-order valence-electron chi connectivity index (χ1n) is 5.81. The van der Waals surface area contributed by atoms with Crippen LogP contribution in [0.5, 0.6) is 5.75 Å². The SMILES string of the molecule is CC(=O)c1cc(C)ccc1OCc1ccccn1. The summed E-state index contributed by atoms with van der Waals surface area (Å²) in [6.45, 7) is 3.86. The van der Waals surface area contributed by atoms with Gasteiger partial charge in [-0.25, -0.2) is 0 Å². The van der Waals surface area contributed by atoms with Gasteiger partial charge in [0.05, 0.1) is 11.3 Å². The Morgan fingerprint density at radius 2 is 2.11 bits per heavy atom. The van der Waals surface area contributed by atoms with Crippen LogP contribution in [0.1, 0.15) is 28.5 Å². The van der Waals surface area contributed by atoms with E-state index in [1.807, 2.05) is 43.3 Å². The van der Waals surface area contributed by atoms with Crippen LogP contribution in [0.4, 0.5) is 0 Å². The van der Waals surface area contributed by atoms with Gasteiger partial charge < -0.3 is 4.74 Å². The molecule has 0 atom stereocenters. The molecule has 0 unspecified atom stereocenters. The predicted octanol–water partition coefficient (Wildman–Crippen LogP) is 3.17. The number of hydrogen-bond donors (Lipinski definition) is 0. The number of aromatic nitrogens is 1. The summed E-state index contributed by atoms with van der Waals surface area (Å²) in [6.07, 6.45) is 1.72. The van der Waals surface area contributed by atoms with Gasteiger partial charge in [-0.15, -0.1) is 0 Å².